The largest absolute Gasteiger partial charge is 0.386 e. The molecule has 0 aliphatic heterocycles. The average Bonchev–Trinajstić information content (AvgIpc) is 1.89. The zero-order chi connectivity index (χ0) is 8.20. The number of aliphatic hydroxyl groups is 1. The predicted octanol–water partition coefficient (Wildman–Crippen LogP) is 2.28. The fourth-order valence-corrected chi connectivity index (χ4v) is 0.577. The second kappa shape index (κ2) is 4.02. The van der Waals surface area contributed by atoms with Gasteiger partial charge in [-0.05, 0) is 6.92 Å². The number of halogens is 2. The van der Waals surface area contributed by atoms with Gasteiger partial charge in [0.15, 0.2) is 4.33 Å². The molecule has 1 nitrogen and oxygen atoms in total. The van der Waals surface area contributed by atoms with Gasteiger partial charge in [0.05, 0.1) is 0 Å². The van der Waals surface area contributed by atoms with E-state index in [9.17, 15) is 0 Å². The van der Waals surface area contributed by atoms with E-state index in [2.05, 4.69) is 6.58 Å². The van der Waals surface area contributed by atoms with Crippen molar-refractivity contribution in [3.8, 4) is 0 Å². The lowest BCUT2D eigenvalue weighted by Crippen LogP contribution is -2.26. The highest BCUT2D eigenvalue weighted by Gasteiger charge is 2.27. The molecule has 0 amide bonds. The van der Waals surface area contributed by atoms with Crippen LogP contribution in [0.15, 0.2) is 24.8 Å². The summed E-state index contributed by atoms with van der Waals surface area (Å²) in [5, 5.41) is 9.16. The van der Waals surface area contributed by atoms with Crippen LogP contribution in [0.3, 0.4) is 0 Å². The number of hydrogen-bond donors (Lipinski definition) is 1. The van der Waals surface area contributed by atoms with Crippen LogP contribution in [-0.4, -0.2) is 15.5 Å². The van der Waals surface area contributed by atoms with Gasteiger partial charge in [0, 0.05) is 0 Å². The first kappa shape index (κ1) is 10.0. The molecular formula is C7H10Cl2O. The van der Waals surface area contributed by atoms with Crippen LogP contribution in [0, 0.1) is 0 Å². The van der Waals surface area contributed by atoms with Crippen LogP contribution in [0.2, 0.25) is 0 Å². The molecule has 0 bridgehead atoms. The Morgan fingerprint density at radius 2 is 2.10 bits per heavy atom. The van der Waals surface area contributed by atoms with Crippen LogP contribution in [0.1, 0.15) is 6.92 Å². The van der Waals surface area contributed by atoms with E-state index < -0.39 is 10.4 Å². The molecule has 0 radical (unpaired) electrons. The van der Waals surface area contributed by atoms with E-state index in [1.54, 1.807) is 13.0 Å². The Kier molecular flexibility index (Phi) is 4.02. The van der Waals surface area contributed by atoms with Crippen molar-refractivity contribution >= 4 is 23.2 Å². The molecule has 0 aromatic heterocycles. The molecule has 58 valence electrons. The Balaban J connectivity index is 4.16. The highest BCUT2D eigenvalue weighted by molar-refractivity contribution is 6.50. The third-order valence-electron chi connectivity index (χ3n) is 1.04. The summed E-state index contributed by atoms with van der Waals surface area (Å²) >= 11 is 11.2. The zero-order valence-electron chi connectivity index (χ0n) is 5.72. The van der Waals surface area contributed by atoms with E-state index in [4.69, 9.17) is 28.3 Å². The van der Waals surface area contributed by atoms with Crippen LogP contribution in [0.25, 0.3) is 0 Å². The first-order valence-corrected chi connectivity index (χ1v) is 3.62. The third-order valence-corrected chi connectivity index (χ3v) is 1.80. The van der Waals surface area contributed by atoms with E-state index in [0.717, 1.165) is 0 Å². The SMILES string of the molecule is C=CC(Cl)(Cl)C(O)/C=C/C. The summed E-state index contributed by atoms with van der Waals surface area (Å²) in [4.78, 5) is 0. The molecule has 0 fully saturated rings. The van der Waals surface area contributed by atoms with Crippen LogP contribution < -0.4 is 0 Å². The average molecular weight is 181 g/mol. The zero-order valence-corrected chi connectivity index (χ0v) is 7.23. The molecule has 0 aromatic carbocycles. The Bertz CT molecular complexity index is 141. The van der Waals surface area contributed by atoms with Crippen LogP contribution in [-0.2, 0) is 0 Å². The fourth-order valence-electron chi connectivity index (χ4n) is 0.431. The Hall–Kier alpha value is 0.0200. The molecule has 1 unspecified atom stereocenters. The Morgan fingerprint density at radius 1 is 1.60 bits per heavy atom. The summed E-state index contributed by atoms with van der Waals surface area (Å²) in [7, 11) is 0. The van der Waals surface area contributed by atoms with E-state index in [-0.39, 0.29) is 0 Å². The van der Waals surface area contributed by atoms with E-state index in [1.165, 1.54) is 12.2 Å². The molecular weight excluding hydrogens is 171 g/mol. The lowest BCUT2D eigenvalue weighted by molar-refractivity contribution is 0.218. The van der Waals surface area contributed by atoms with Gasteiger partial charge in [-0.3, -0.25) is 0 Å². The summed E-state index contributed by atoms with van der Waals surface area (Å²) in [5.41, 5.74) is 0. The second-order valence-corrected chi connectivity index (χ2v) is 3.29. The van der Waals surface area contributed by atoms with E-state index in [0.29, 0.717) is 0 Å². The number of aliphatic hydroxyl groups excluding tert-OH is 1. The Morgan fingerprint density at radius 3 is 2.40 bits per heavy atom. The minimum Gasteiger partial charge on any atom is -0.386 e. The van der Waals surface area contributed by atoms with Crippen molar-refractivity contribution in [2.24, 2.45) is 0 Å². The monoisotopic (exact) mass is 180 g/mol. The second-order valence-electron chi connectivity index (χ2n) is 1.85. The maximum Gasteiger partial charge on any atom is 0.165 e. The number of allylic oxidation sites excluding steroid dienone is 1. The summed E-state index contributed by atoms with van der Waals surface area (Å²) in [5.74, 6) is 0. The standard InChI is InChI=1S/C7H10Cl2O/c1-3-5-6(10)7(8,9)4-2/h3-6,10H,2H2,1H3/b5-3+. The molecule has 0 aliphatic carbocycles. The minimum absolute atomic E-state index is 0.890. The van der Waals surface area contributed by atoms with Crippen molar-refractivity contribution in [2.45, 2.75) is 17.4 Å². The topological polar surface area (TPSA) is 20.2 Å². The molecule has 0 rings (SSSR count). The highest BCUT2D eigenvalue weighted by Crippen LogP contribution is 2.27. The van der Waals surface area contributed by atoms with Crippen molar-refractivity contribution in [3.05, 3.63) is 24.8 Å². The molecule has 0 spiro atoms. The van der Waals surface area contributed by atoms with Crippen molar-refractivity contribution in [1.82, 2.24) is 0 Å². The summed E-state index contributed by atoms with van der Waals surface area (Å²) in [6.45, 7) is 5.15. The Labute approximate surface area is 71.0 Å². The van der Waals surface area contributed by atoms with Crippen LogP contribution in [0.4, 0.5) is 0 Å². The lowest BCUT2D eigenvalue weighted by atomic mass is 10.2. The number of rotatable bonds is 3. The van der Waals surface area contributed by atoms with Crippen molar-refractivity contribution in [2.75, 3.05) is 0 Å². The van der Waals surface area contributed by atoms with Gasteiger partial charge in [-0.2, -0.15) is 0 Å². The number of hydrogen-bond acceptors (Lipinski definition) is 1. The first-order chi connectivity index (χ1) is 4.54. The maximum atomic E-state index is 9.16. The minimum atomic E-state index is -1.27. The lowest BCUT2D eigenvalue weighted by Gasteiger charge is -2.18. The predicted molar refractivity (Wildman–Crippen MR) is 45.5 cm³/mol. The van der Waals surface area contributed by atoms with Gasteiger partial charge in [0.1, 0.15) is 6.10 Å². The molecule has 0 aliphatic rings. The first-order valence-electron chi connectivity index (χ1n) is 2.87. The van der Waals surface area contributed by atoms with Gasteiger partial charge in [0.2, 0.25) is 0 Å². The van der Waals surface area contributed by atoms with Crippen molar-refractivity contribution in [1.29, 1.82) is 0 Å². The van der Waals surface area contributed by atoms with E-state index >= 15 is 0 Å². The fraction of sp³-hybridized carbons (Fsp3) is 0.429. The molecule has 0 saturated carbocycles. The van der Waals surface area contributed by atoms with Gasteiger partial charge >= 0.3 is 0 Å². The molecule has 3 heteroatoms. The van der Waals surface area contributed by atoms with Gasteiger partial charge in [0.25, 0.3) is 0 Å². The van der Waals surface area contributed by atoms with Gasteiger partial charge in [-0.15, -0.1) is 6.58 Å². The van der Waals surface area contributed by atoms with Crippen LogP contribution >= 0.6 is 23.2 Å². The van der Waals surface area contributed by atoms with Crippen molar-refractivity contribution < 1.29 is 5.11 Å². The number of alkyl halides is 2. The van der Waals surface area contributed by atoms with Crippen LogP contribution in [0.5, 0.6) is 0 Å². The molecule has 0 saturated heterocycles. The summed E-state index contributed by atoms with van der Waals surface area (Å²) in [6.07, 6.45) is 3.58. The summed E-state index contributed by atoms with van der Waals surface area (Å²) in [6, 6.07) is 0. The summed E-state index contributed by atoms with van der Waals surface area (Å²) < 4.78 is -1.27. The quantitative estimate of drug-likeness (QED) is 0.523. The van der Waals surface area contributed by atoms with Crippen molar-refractivity contribution in [3.63, 3.8) is 0 Å². The molecule has 10 heavy (non-hydrogen) atoms. The maximum absolute atomic E-state index is 9.16. The smallest absolute Gasteiger partial charge is 0.165 e. The molecule has 0 heterocycles. The normalized spacial score (nSPS) is 15.6. The van der Waals surface area contributed by atoms with E-state index in [1.807, 2.05) is 0 Å². The molecule has 0 aromatic rings. The van der Waals surface area contributed by atoms with Gasteiger partial charge < -0.3 is 5.11 Å². The van der Waals surface area contributed by atoms with Gasteiger partial charge in [-0.25, -0.2) is 0 Å². The van der Waals surface area contributed by atoms with Gasteiger partial charge in [-0.1, -0.05) is 41.4 Å². The highest BCUT2D eigenvalue weighted by atomic mass is 35.5. The third kappa shape index (κ3) is 2.74. The molecule has 1 N–H and O–H groups in total. The molecule has 1 atom stereocenters.